The number of unbranched alkanes of at least 4 members (excludes halogenated alkanes) is 1. The lowest BCUT2D eigenvalue weighted by atomic mass is 10.1. The van der Waals surface area contributed by atoms with E-state index in [4.69, 9.17) is 4.42 Å². The third kappa shape index (κ3) is 5.11. The molecule has 1 nitrogen and oxygen atoms in total. The lowest BCUT2D eigenvalue weighted by Gasteiger charge is -2.12. The molecule has 0 aromatic carbocycles. The molecule has 0 atom stereocenters. The van der Waals surface area contributed by atoms with Gasteiger partial charge in [0.05, 0.1) is 8.07 Å². The molecule has 17 heavy (non-hydrogen) atoms. The molecule has 2 heteroatoms. The Morgan fingerprint density at radius 1 is 1.06 bits per heavy atom. The van der Waals surface area contributed by atoms with E-state index in [0.29, 0.717) is 0 Å². The van der Waals surface area contributed by atoms with Crippen molar-refractivity contribution < 1.29 is 4.42 Å². The van der Waals surface area contributed by atoms with E-state index in [-0.39, 0.29) is 0 Å². The second-order valence-electron chi connectivity index (χ2n) is 6.25. The van der Waals surface area contributed by atoms with Crippen LogP contribution in [0.3, 0.4) is 0 Å². The largest absolute Gasteiger partial charge is 0.466 e. The third-order valence-corrected chi connectivity index (χ3v) is 4.34. The summed E-state index contributed by atoms with van der Waals surface area (Å²) in [5.41, 5.74) is 1.47. The molecule has 0 aliphatic heterocycles. The molecule has 98 valence electrons. The van der Waals surface area contributed by atoms with Crippen LogP contribution in [0, 0.1) is 0 Å². The van der Waals surface area contributed by atoms with Crippen molar-refractivity contribution >= 4 is 8.07 Å². The summed E-state index contributed by atoms with van der Waals surface area (Å²) in [7, 11) is -1.06. The summed E-state index contributed by atoms with van der Waals surface area (Å²) in [5, 5.41) is 0. The van der Waals surface area contributed by atoms with Crippen LogP contribution >= 0.6 is 0 Å². The topological polar surface area (TPSA) is 13.1 Å². The summed E-state index contributed by atoms with van der Waals surface area (Å²) in [6.45, 7) is 11.7. The highest BCUT2D eigenvalue weighted by molar-refractivity contribution is 6.75. The van der Waals surface area contributed by atoms with Gasteiger partial charge in [0.1, 0.15) is 11.5 Å². The van der Waals surface area contributed by atoms with Crippen LogP contribution in [0.5, 0.6) is 0 Å². The van der Waals surface area contributed by atoms with Crippen LogP contribution in [-0.4, -0.2) is 8.07 Å². The minimum atomic E-state index is -1.06. The number of hydrogen-bond acceptors (Lipinski definition) is 1. The zero-order valence-corrected chi connectivity index (χ0v) is 13.2. The molecular weight excluding hydrogens is 224 g/mol. The highest BCUT2D eigenvalue weighted by Crippen LogP contribution is 2.22. The van der Waals surface area contributed by atoms with Gasteiger partial charge in [0.25, 0.3) is 0 Å². The average Bonchev–Trinajstić information content (AvgIpc) is 2.55. The molecule has 0 spiro atoms. The molecule has 0 bridgehead atoms. The SMILES string of the molecule is CCCCc1oc(C[Si](C)(C)C)cc1CCC. The van der Waals surface area contributed by atoms with Crippen LogP contribution in [0.1, 0.15) is 50.2 Å². The van der Waals surface area contributed by atoms with Crippen LogP contribution in [0.2, 0.25) is 19.6 Å². The van der Waals surface area contributed by atoms with E-state index in [1.54, 1.807) is 0 Å². The summed E-state index contributed by atoms with van der Waals surface area (Å²) >= 11 is 0. The van der Waals surface area contributed by atoms with Crippen LogP contribution in [-0.2, 0) is 18.9 Å². The zero-order valence-electron chi connectivity index (χ0n) is 12.2. The third-order valence-electron chi connectivity index (χ3n) is 2.93. The van der Waals surface area contributed by atoms with Gasteiger partial charge in [-0.25, -0.2) is 0 Å². The number of furan rings is 1. The van der Waals surface area contributed by atoms with Crippen molar-refractivity contribution in [2.24, 2.45) is 0 Å². The first-order chi connectivity index (χ1) is 7.96. The van der Waals surface area contributed by atoms with Crippen LogP contribution in [0.15, 0.2) is 10.5 Å². The molecule has 0 radical (unpaired) electrons. The molecule has 1 rings (SSSR count). The van der Waals surface area contributed by atoms with Gasteiger partial charge in [-0.05, 0) is 24.5 Å². The molecule has 0 fully saturated rings. The van der Waals surface area contributed by atoms with Gasteiger partial charge >= 0.3 is 0 Å². The Morgan fingerprint density at radius 3 is 2.29 bits per heavy atom. The molecule has 0 saturated heterocycles. The van der Waals surface area contributed by atoms with E-state index in [2.05, 4.69) is 39.6 Å². The Bertz CT molecular complexity index is 333. The lowest BCUT2D eigenvalue weighted by Crippen LogP contribution is -2.23. The maximum Gasteiger partial charge on any atom is 0.107 e. The normalized spacial score (nSPS) is 12.1. The quantitative estimate of drug-likeness (QED) is 0.623. The van der Waals surface area contributed by atoms with Gasteiger partial charge in [-0.15, -0.1) is 0 Å². The molecule has 0 N–H and O–H groups in total. The Balaban J connectivity index is 2.79. The summed E-state index contributed by atoms with van der Waals surface area (Å²) < 4.78 is 6.08. The molecule has 1 aromatic rings. The van der Waals surface area contributed by atoms with E-state index >= 15 is 0 Å². The summed E-state index contributed by atoms with van der Waals surface area (Å²) in [4.78, 5) is 0. The standard InChI is InChI=1S/C15H28OSi/c1-6-8-10-15-13(9-7-2)11-14(16-15)12-17(3,4)5/h11H,6-10,12H2,1-5H3. The van der Waals surface area contributed by atoms with Gasteiger partial charge < -0.3 is 4.42 Å². The van der Waals surface area contributed by atoms with Crippen molar-refractivity contribution in [1.29, 1.82) is 0 Å². The van der Waals surface area contributed by atoms with Gasteiger partial charge in [-0.2, -0.15) is 0 Å². The molecule has 0 aliphatic carbocycles. The van der Waals surface area contributed by atoms with E-state index in [9.17, 15) is 0 Å². The maximum atomic E-state index is 6.08. The number of rotatable bonds is 7. The minimum Gasteiger partial charge on any atom is -0.466 e. The molecule has 1 heterocycles. The van der Waals surface area contributed by atoms with Crippen molar-refractivity contribution in [2.45, 2.75) is 71.6 Å². The molecule has 0 aliphatic rings. The van der Waals surface area contributed by atoms with Crippen LogP contribution < -0.4 is 0 Å². The van der Waals surface area contributed by atoms with E-state index in [1.165, 1.54) is 48.8 Å². The lowest BCUT2D eigenvalue weighted by molar-refractivity contribution is 0.467. The Labute approximate surface area is 108 Å². The van der Waals surface area contributed by atoms with Gasteiger partial charge in [0.2, 0.25) is 0 Å². The fourth-order valence-electron chi connectivity index (χ4n) is 2.17. The second kappa shape index (κ2) is 6.44. The fraction of sp³-hybridized carbons (Fsp3) is 0.733. The van der Waals surface area contributed by atoms with E-state index in [1.807, 2.05) is 0 Å². The zero-order chi connectivity index (χ0) is 12.9. The van der Waals surface area contributed by atoms with Crippen molar-refractivity contribution in [3.8, 4) is 0 Å². The molecule has 1 aromatic heterocycles. The first-order valence-corrected chi connectivity index (χ1v) is 10.8. The van der Waals surface area contributed by atoms with Crippen LogP contribution in [0.25, 0.3) is 0 Å². The van der Waals surface area contributed by atoms with Crippen molar-refractivity contribution in [1.82, 2.24) is 0 Å². The van der Waals surface area contributed by atoms with Crippen molar-refractivity contribution in [3.63, 3.8) is 0 Å². The predicted molar refractivity (Wildman–Crippen MR) is 78.4 cm³/mol. The Morgan fingerprint density at radius 2 is 1.76 bits per heavy atom. The predicted octanol–water partition coefficient (Wildman–Crippen LogP) is 4.99. The molecule has 0 amide bonds. The highest BCUT2D eigenvalue weighted by Gasteiger charge is 2.18. The summed E-state index contributed by atoms with van der Waals surface area (Å²) in [5.74, 6) is 2.50. The minimum absolute atomic E-state index is 1.06. The van der Waals surface area contributed by atoms with Crippen LogP contribution in [0.4, 0.5) is 0 Å². The van der Waals surface area contributed by atoms with Gasteiger partial charge in [-0.3, -0.25) is 0 Å². The van der Waals surface area contributed by atoms with E-state index in [0.717, 1.165) is 6.42 Å². The van der Waals surface area contributed by atoms with Gasteiger partial charge in [0.15, 0.2) is 0 Å². The average molecular weight is 252 g/mol. The molecular formula is C15H28OSi. The number of hydrogen-bond donors (Lipinski definition) is 0. The Kier molecular flexibility index (Phi) is 5.51. The smallest absolute Gasteiger partial charge is 0.107 e. The first kappa shape index (κ1) is 14.6. The maximum absolute atomic E-state index is 6.08. The highest BCUT2D eigenvalue weighted by atomic mass is 28.3. The summed E-state index contributed by atoms with van der Waals surface area (Å²) in [6, 6.07) is 3.50. The molecule has 0 unspecified atom stereocenters. The molecule has 0 saturated carbocycles. The van der Waals surface area contributed by atoms with Crippen molar-refractivity contribution in [2.75, 3.05) is 0 Å². The Hall–Kier alpha value is -0.503. The number of aryl methyl sites for hydroxylation is 2. The van der Waals surface area contributed by atoms with Gasteiger partial charge in [0, 0.05) is 12.5 Å². The van der Waals surface area contributed by atoms with Gasteiger partial charge in [-0.1, -0.05) is 46.3 Å². The first-order valence-electron chi connectivity index (χ1n) is 7.06. The monoisotopic (exact) mass is 252 g/mol. The second-order valence-corrected chi connectivity index (χ2v) is 11.7. The fourth-order valence-corrected chi connectivity index (χ4v) is 3.39. The van der Waals surface area contributed by atoms with Crippen molar-refractivity contribution in [3.05, 3.63) is 23.2 Å². The summed E-state index contributed by atoms with van der Waals surface area (Å²) in [6.07, 6.45) is 6.00. The van der Waals surface area contributed by atoms with E-state index < -0.39 is 8.07 Å².